The average molecular weight is 307 g/mol. The SMILES string of the molecule is COCc1nc(CNC(=O)[C@H](C)n2ccnc2C(C)C)no1. The summed E-state index contributed by atoms with van der Waals surface area (Å²) in [7, 11) is 1.55. The first-order valence-electron chi connectivity index (χ1n) is 7.13. The summed E-state index contributed by atoms with van der Waals surface area (Å²) in [5.41, 5.74) is 0. The second kappa shape index (κ2) is 7.17. The lowest BCUT2D eigenvalue weighted by atomic mass is 10.2. The minimum atomic E-state index is -0.356. The van der Waals surface area contributed by atoms with Gasteiger partial charge in [-0.15, -0.1) is 0 Å². The summed E-state index contributed by atoms with van der Waals surface area (Å²) in [5, 5.41) is 6.57. The van der Waals surface area contributed by atoms with Crippen LogP contribution in [0.25, 0.3) is 0 Å². The molecular formula is C14H21N5O3. The Kier molecular flexibility index (Phi) is 5.26. The van der Waals surface area contributed by atoms with E-state index in [0.29, 0.717) is 11.7 Å². The Morgan fingerprint density at radius 2 is 2.23 bits per heavy atom. The summed E-state index contributed by atoms with van der Waals surface area (Å²) < 4.78 is 11.7. The normalized spacial score (nSPS) is 12.6. The predicted molar refractivity (Wildman–Crippen MR) is 77.9 cm³/mol. The van der Waals surface area contributed by atoms with E-state index in [1.807, 2.05) is 31.5 Å². The Bertz CT molecular complexity index is 620. The first-order chi connectivity index (χ1) is 10.5. The molecule has 0 aliphatic carbocycles. The molecule has 1 amide bonds. The Balaban J connectivity index is 1.94. The summed E-state index contributed by atoms with van der Waals surface area (Å²) in [5.74, 6) is 1.81. The van der Waals surface area contributed by atoms with Gasteiger partial charge in [0, 0.05) is 25.4 Å². The van der Waals surface area contributed by atoms with Gasteiger partial charge in [0.05, 0.1) is 6.54 Å². The first-order valence-corrected chi connectivity index (χ1v) is 7.13. The van der Waals surface area contributed by atoms with Gasteiger partial charge >= 0.3 is 0 Å². The van der Waals surface area contributed by atoms with Gasteiger partial charge in [-0.1, -0.05) is 19.0 Å². The van der Waals surface area contributed by atoms with Crippen LogP contribution in [-0.4, -0.2) is 32.7 Å². The van der Waals surface area contributed by atoms with Crippen molar-refractivity contribution in [2.24, 2.45) is 0 Å². The topological polar surface area (TPSA) is 95.1 Å². The molecule has 2 aromatic heterocycles. The van der Waals surface area contributed by atoms with Crippen LogP contribution in [0, 0.1) is 0 Å². The van der Waals surface area contributed by atoms with Gasteiger partial charge in [0.1, 0.15) is 18.5 Å². The minimum absolute atomic E-state index is 0.127. The van der Waals surface area contributed by atoms with E-state index in [9.17, 15) is 4.79 Å². The molecule has 120 valence electrons. The van der Waals surface area contributed by atoms with Crippen molar-refractivity contribution in [2.75, 3.05) is 7.11 Å². The number of hydrogen-bond acceptors (Lipinski definition) is 6. The lowest BCUT2D eigenvalue weighted by Gasteiger charge is -2.17. The third-order valence-electron chi connectivity index (χ3n) is 3.21. The highest BCUT2D eigenvalue weighted by Crippen LogP contribution is 2.17. The highest BCUT2D eigenvalue weighted by molar-refractivity contribution is 5.79. The van der Waals surface area contributed by atoms with Gasteiger partial charge in [0.2, 0.25) is 5.91 Å². The van der Waals surface area contributed by atoms with E-state index in [2.05, 4.69) is 20.4 Å². The van der Waals surface area contributed by atoms with Gasteiger partial charge in [0.15, 0.2) is 5.82 Å². The van der Waals surface area contributed by atoms with Crippen molar-refractivity contribution in [1.29, 1.82) is 0 Å². The Morgan fingerprint density at radius 3 is 2.91 bits per heavy atom. The smallest absolute Gasteiger partial charge is 0.252 e. The van der Waals surface area contributed by atoms with E-state index in [-0.39, 0.29) is 31.0 Å². The van der Waals surface area contributed by atoms with E-state index >= 15 is 0 Å². The fraction of sp³-hybridized carbons (Fsp3) is 0.571. The molecule has 0 saturated carbocycles. The number of ether oxygens (including phenoxy) is 1. The number of hydrogen-bond donors (Lipinski definition) is 1. The van der Waals surface area contributed by atoms with Crippen molar-refractivity contribution in [3.8, 4) is 0 Å². The van der Waals surface area contributed by atoms with E-state index in [4.69, 9.17) is 9.26 Å². The minimum Gasteiger partial charge on any atom is -0.375 e. The Labute approximate surface area is 128 Å². The van der Waals surface area contributed by atoms with Crippen LogP contribution in [0.15, 0.2) is 16.9 Å². The highest BCUT2D eigenvalue weighted by Gasteiger charge is 2.19. The molecule has 0 radical (unpaired) electrons. The largest absolute Gasteiger partial charge is 0.375 e. The Morgan fingerprint density at radius 1 is 1.45 bits per heavy atom. The number of aromatic nitrogens is 4. The lowest BCUT2D eigenvalue weighted by Crippen LogP contribution is -2.31. The number of methoxy groups -OCH3 is 1. The maximum absolute atomic E-state index is 12.3. The van der Waals surface area contributed by atoms with E-state index in [0.717, 1.165) is 5.82 Å². The van der Waals surface area contributed by atoms with Crippen molar-refractivity contribution in [1.82, 2.24) is 25.0 Å². The molecule has 0 saturated heterocycles. The van der Waals surface area contributed by atoms with Crippen LogP contribution in [-0.2, 0) is 22.7 Å². The lowest BCUT2D eigenvalue weighted by molar-refractivity contribution is -0.124. The molecule has 2 heterocycles. The van der Waals surface area contributed by atoms with E-state index in [1.165, 1.54) is 0 Å². The number of amides is 1. The third kappa shape index (κ3) is 3.70. The highest BCUT2D eigenvalue weighted by atomic mass is 16.5. The van der Waals surface area contributed by atoms with Crippen LogP contribution in [0.1, 0.15) is 50.3 Å². The number of nitrogens with zero attached hydrogens (tertiary/aromatic N) is 4. The van der Waals surface area contributed by atoms with Gasteiger partial charge < -0.3 is 19.1 Å². The standard InChI is InChI=1S/C14H21N5O3/c1-9(2)13-15-5-6-19(13)10(3)14(20)16-7-11-17-12(8-21-4)22-18-11/h5-6,9-10H,7-8H2,1-4H3,(H,16,20)/t10-/m0/s1. The molecule has 0 bridgehead atoms. The second-order valence-corrected chi connectivity index (χ2v) is 5.28. The molecule has 0 fully saturated rings. The third-order valence-corrected chi connectivity index (χ3v) is 3.21. The maximum atomic E-state index is 12.3. The molecule has 0 unspecified atom stereocenters. The molecule has 0 aliphatic rings. The summed E-state index contributed by atoms with van der Waals surface area (Å²) in [6.45, 7) is 6.38. The molecule has 22 heavy (non-hydrogen) atoms. The molecular weight excluding hydrogens is 286 g/mol. The monoisotopic (exact) mass is 307 g/mol. The van der Waals surface area contributed by atoms with Gasteiger partial charge in [-0.3, -0.25) is 4.79 Å². The van der Waals surface area contributed by atoms with Crippen LogP contribution >= 0.6 is 0 Å². The number of imidazole rings is 1. The summed E-state index contributed by atoms with van der Waals surface area (Å²) in [6, 6.07) is -0.356. The van der Waals surface area contributed by atoms with E-state index < -0.39 is 0 Å². The molecule has 1 N–H and O–H groups in total. The molecule has 8 nitrogen and oxygen atoms in total. The van der Waals surface area contributed by atoms with Crippen molar-refractivity contribution in [2.45, 2.75) is 45.9 Å². The molecule has 2 rings (SSSR count). The summed E-state index contributed by atoms with van der Waals surface area (Å²) >= 11 is 0. The van der Waals surface area contributed by atoms with Crippen LogP contribution in [0.4, 0.5) is 0 Å². The molecule has 0 spiro atoms. The number of rotatable bonds is 7. The summed E-state index contributed by atoms with van der Waals surface area (Å²) in [4.78, 5) is 20.6. The maximum Gasteiger partial charge on any atom is 0.252 e. The summed E-state index contributed by atoms with van der Waals surface area (Å²) in [6.07, 6.45) is 3.51. The quantitative estimate of drug-likeness (QED) is 0.831. The van der Waals surface area contributed by atoms with Crippen molar-refractivity contribution >= 4 is 5.91 Å². The molecule has 8 heteroatoms. The van der Waals surface area contributed by atoms with E-state index in [1.54, 1.807) is 13.3 Å². The van der Waals surface area contributed by atoms with Gasteiger partial charge in [-0.2, -0.15) is 4.98 Å². The van der Waals surface area contributed by atoms with Crippen molar-refractivity contribution in [3.05, 3.63) is 29.9 Å². The zero-order valence-electron chi connectivity index (χ0n) is 13.2. The zero-order valence-corrected chi connectivity index (χ0v) is 13.2. The van der Waals surface area contributed by atoms with Crippen LogP contribution in [0.3, 0.4) is 0 Å². The number of carbonyl (C=O) groups excluding carboxylic acids is 1. The first kappa shape index (κ1) is 16.2. The van der Waals surface area contributed by atoms with Gasteiger partial charge in [0.25, 0.3) is 5.89 Å². The van der Waals surface area contributed by atoms with Crippen LogP contribution < -0.4 is 5.32 Å². The Hall–Kier alpha value is -2.22. The van der Waals surface area contributed by atoms with Gasteiger partial charge in [-0.05, 0) is 6.92 Å². The number of carbonyl (C=O) groups is 1. The molecule has 0 aromatic carbocycles. The fourth-order valence-corrected chi connectivity index (χ4v) is 2.08. The molecule has 1 atom stereocenters. The predicted octanol–water partition coefficient (Wildman–Crippen LogP) is 1.41. The average Bonchev–Trinajstić information content (AvgIpc) is 3.13. The van der Waals surface area contributed by atoms with Crippen LogP contribution in [0.5, 0.6) is 0 Å². The fourth-order valence-electron chi connectivity index (χ4n) is 2.08. The molecule has 0 aliphatic heterocycles. The van der Waals surface area contributed by atoms with Crippen molar-refractivity contribution < 1.29 is 14.1 Å². The molecule has 2 aromatic rings. The second-order valence-electron chi connectivity index (χ2n) is 5.28. The van der Waals surface area contributed by atoms with Gasteiger partial charge in [-0.25, -0.2) is 4.98 Å². The zero-order chi connectivity index (χ0) is 16.1. The number of nitrogens with one attached hydrogen (secondary N) is 1. The van der Waals surface area contributed by atoms with Crippen LogP contribution in [0.2, 0.25) is 0 Å². The van der Waals surface area contributed by atoms with Crippen molar-refractivity contribution in [3.63, 3.8) is 0 Å².